The summed E-state index contributed by atoms with van der Waals surface area (Å²) in [4.78, 5) is 13.0. The number of benzene rings is 1. The summed E-state index contributed by atoms with van der Waals surface area (Å²) >= 11 is 0. The van der Waals surface area contributed by atoms with Crippen LogP contribution in [0, 0.1) is 19.8 Å². The molecule has 0 spiro atoms. The van der Waals surface area contributed by atoms with Crippen LogP contribution in [0.5, 0.6) is 5.75 Å². The van der Waals surface area contributed by atoms with Crippen LogP contribution in [0.4, 0.5) is 5.69 Å². The highest BCUT2D eigenvalue weighted by Gasteiger charge is 2.42. The van der Waals surface area contributed by atoms with Gasteiger partial charge in [-0.25, -0.2) is 0 Å². The number of carbonyl (C=O) groups excluding carboxylic acids is 1. The number of aryl methyl sites for hydroxylation is 2. The van der Waals surface area contributed by atoms with Crippen molar-refractivity contribution in [2.75, 3.05) is 11.9 Å². The van der Waals surface area contributed by atoms with Gasteiger partial charge in [-0.05, 0) is 83.1 Å². The number of ether oxygens (including phenoxy) is 2. The molecule has 1 amide bonds. The van der Waals surface area contributed by atoms with Crippen molar-refractivity contribution in [1.82, 2.24) is 0 Å². The number of anilines is 1. The van der Waals surface area contributed by atoms with Crippen LogP contribution in [0.1, 0.15) is 64.5 Å². The monoisotopic (exact) mass is 347 g/mol. The van der Waals surface area contributed by atoms with Gasteiger partial charge in [-0.3, -0.25) is 4.79 Å². The van der Waals surface area contributed by atoms with Gasteiger partial charge in [0.1, 0.15) is 11.4 Å². The van der Waals surface area contributed by atoms with Crippen molar-refractivity contribution in [2.24, 2.45) is 5.92 Å². The van der Waals surface area contributed by atoms with E-state index in [0.29, 0.717) is 12.5 Å². The maximum absolute atomic E-state index is 13.0. The maximum atomic E-state index is 13.0. The molecule has 4 nitrogen and oxygen atoms in total. The lowest BCUT2D eigenvalue weighted by atomic mass is 9.78. The average Bonchev–Trinajstić information content (AvgIpc) is 2.51. The predicted molar refractivity (Wildman–Crippen MR) is 102 cm³/mol. The standard InChI is InChI=1S/C21H33NO3/c1-7-24-21(10-8-9-15(4)13-21)20(23)22-18-11-16(5)19(17(6)12-18)25-14(2)3/h11-12,14-15H,7-10,13H2,1-6H3,(H,22,23)/t15-,21+/m0/s1. The lowest BCUT2D eigenvalue weighted by molar-refractivity contribution is -0.147. The van der Waals surface area contributed by atoms with Crippen LogP contribution in [-0.2, 0) is 9.53 Å². The quantitative estimate of drug-likeness (QED) is 0.786. The zero-order valence-corrected chi connectivity index (χ0v) is 16.6. The molecule has 4 heteroatoms. The molecule has 0 bridgehead atoms. The van der Waals surface area contributed by atoms with E-state index in [1.165, 1.54) is 6.42 Å². The highest BCUT2D eigenvalue weighted by Crippen LogP contribution is 2.37. The first-order chi connectivity index (χ1) is 11.8. The van der Waals surface area contributed by atoms with Gasteiger partial charge in [-0.15, -0.1) is 0 Å². The number of rotatable bonds is 6. The summed E-state index contributed by atoms with van der Waals surface area (Å²) in [6.45, 7) is 12.8. The van der Waals surface area contributed by atoms with Crippen LogP contribution in [0.2, 0.25) is 0 Å². The van der Waals surface area contributed by atoms with E-state index in [2.05, 4.69) is 12.2 Å². The van der Waals surface area contributed by atoms with E-state index in [0.717, 1.165) is 41.8 Å². The molecular formula is C21H33NO3. The Bertz CT molecular complexity index is 584. The molecule has 0 aliphatic heterocycles. The Morgan fingerprint density at radius 1 is 1.32 bits per heavy atom. The molecule has 2 rings (SSSR count). The van der Waals surface area contributed by atoms with Crippen molar-refractivity contribution < 1.29 is 14.3 Å². The van der Waals surface area contributed by atoms with E-state index in [1.54, 1.807) is 0 Å². The first-order valence-corrected chi connectivity index (χ1v) is 9.50. The second kappa shape index (κ2) is 8.22. The van der Waals surface area contributed by atoms with Crippen LogP contribution in [0.25, 0.3) is 0 Å². The molecule has 1 N–H and O–H groups in total. The molecule has 1 aromatic rings. The van der Waals surface area contributed by atoms with E-state index in [9.17, 15) is 4.79 Å². The Balaban J connectivity index is 2.21. The number of nitrogens with one attached hydrogen (secondary N) is 1. The van der Waals surface area contributed by atoms with Crippen molar-refractivity contribution in [1.29, 1.82) is 0 Å². The molecule has 140 valence electrons. The van der Waals surface area contributed by atoms with Gasteiger partial charge in [0.15, 0.2) is 0 Å². The van der Waals surface area contributed by atoms with Crippen molar-refractivity contribution in [3.8, 4) is 5.75 Å². The smallest absolute Gasteiger partial charge is 0.256 e. The summed E-state index contributed by atoms with van der Waals surface area (Å²) in [5.74, 6) is 1.40. The summed E-state index contributed by atoms with van der Waals surface area (Å²) in [7, 11) is 0. The van der Waals surface area contributed by atoms with Gasteiger partial charge in [0.25, 0.3) is 5.91 Å². The van der Waals surface area contributed by atoms with E-state index in [1.807, 2.05) is 46.8 Å². The maximum Gasteiger partial charge on any atom is 0.256 e. The SMILES string of the molecule is CCO[C@]1(C(=O)Nc2cc(C)c(OC(C)C)c(C)c2)CCC[C@H](C)C1. The molecule has 2 atom stereocenters. The van der Waals surface area contributed by atoms with Crippen LogP contribution in [0.3, 0.4) is 0 Å². The minimum Gasteiger partial charge on any atom is -0.490 e. The molecule has 0 unspecified atom stereocenters. The van der Waals surface area contributed by atoms with Gasteiger partial charge in [0.2, 0.25) is 0 Å². The largest absolute Gasteiger partial charge is 0.490 e. The predicted octanol–water partition coefficient (Wildman–Crippen LogP) is 5.01. The van der Waals surface area contributed by atoms with Gasteiger partial charge < -0.3 is 14.8 Å². The first-order valence-electron chi connectivity index (χ1n) is 9.50. The van der Waals surface area contributed by atoms with Crippen LogP contribution < -0.4 is 10.1 Å². The topological polar surface area (TPSA) is 47.6 Å². The zero-order chi connectivity index (χ0) is 18.6. The summed E-state index contributed by atoms with van der Waals surface area (Å²) in [5, 5.41) is 3.10. The lowest BCUT2D eigenvalue weighted by Crippen LogP contribution is -2.48. The fourth-order valence-corrected chi connectivity index (χ4v) is 3.87. The fourth-order valence-electron chi connectivity index (χ4n) is 3.87. The van der Waals surface area contributed by atoms with Crippen LogP contribution >= 0.6 is 0 Å². The Hall–Kier alpha value is -1.55. The van der Waals surface area contributed by atoms with E-state index < -0.39 is 5.60 Å². The normalized spacial score (nSPS) is 23.6. The highest BCUT2D eigenvalue weighted by molar-refractivity contribution is 5.97. The van der Waals surface area contributed by atoms with Crippen LogP contribution in [-0.4, -0.2) is 24.2 Å². The minimum absolute atomic E-state index is 0.0165. The van der Waals surface area contributed by atoms with E-state index in [-0.39, 0.29) is 12.0 Å². The van der Waals surface area contributed by atoms with E-state index in [4.69, 9.17) is 9.47 Å². The summed E-state index contributed by atoms with van der Waals surface area (Å²) in [6, 6.07) is 3.96. The number of hydrogen-bond donors (Lipinski definition) is 1. The zero-order valence-electron chi connectivity index (χ0n) is 16.6. The highest BCUT2D eigenvalue weighted by atomic mass is 16.5. The Labute approximate surface area is 152 Å². The minimum atomic E-state index is -0.693. The fraction of sp³-hybridized carbons (Fsp3) is 0.667. The Morgan fingerprint density at radius 3 is 2.48 bits per heavy atom. The summed E-state index contributed by atoms with van der Waals surface area (Å²) in [6.07, 6.45) is 3.92. The molecule has 1 fully saturated rings. The third-order valence-corrected chi connectivity index (χ3v) is 4.86. The first kappa shape index (κ1) is 19.8. The van der Waals surface area contributed by atoms with Crippen molar-refractivity contribution in [2.45, 2.75) is 78.9 Å². The summed E-state index contributed by atoms with van der Waals surface area (Å²) < 4.78 is 11.9. The van der Waals surface area contributed by atoms with Gasteiger partial charge >= 0.3 is 0 Å². The van der Waals surface area contributed by atoms with Crippen molar-refractivity contribution >= 4 is 11.6 Å². The van der Waals surface area contributed by atoms with Crippen LogP contribution in [0.15, 0.2) is 12.1 Å². The molecular weight excluding hydrogens is 314 g/mol. The van der Waals surface area contributed by atoms with E-state index >= 15 is 0 Å². The molecule has 0 heterocycles. The molecule has 0 radical (unpaired) electrons. The van der Waals surface area contributed by atoms with Crippen molar-refractivity contribution in [3.63, 3.8) is 0 Å². The van der Waals surface area contributed by atoms with Gasteiger partial charge in [0, 0.05) is 12.3 Å². The number of hydrogen-bond acceptors (Lipinski definition) is 3. The van der Waals surface area contributed by atoms with Gasteiger partial charge in [0.05, 0.1) is 6.10 Å². The Morgan fingerprint density at radius 2 is 1.96 bits per heavy atom. The Kier molecular flexibility index (Phi) is 6.50. The third kappa shape index (κ3) is 4.75. The molecule has 1 aliphatic carbocycles. The molecule has 1 aliphatic rings. The number of amides is 1. The third-order valence-electron chi connectivity index (χ3n) is 4.86. The molecule has 1 aromatic carbocycles. The average molecular weight is 347 g/mol. The van der Waals surface area contributed by atoms with Crippen molar-refractivity contribution in [3.05, 3.63) is 23.3 Å². The second-order valence-electron chi connectivity index (χ2n) is 7.69. The second-order valence-corrected chi connectivity index (χ2v) is 7.69. The summed E-state index contributed by atoms with van der Waals surface area (Å²) in [5.41, 5.74) is 2.19. The molecule has 0 aromatic heterocycles. The number of carbonyl (C=O) groups is 1. The molecule has 25 heavy (non-hydrogen) atoms. The van der Waals surface area contributed by atoms with Gasteiger partial charge in [-0.2, -0.15) is 0 Å². The lowest BCUT2D eigenvalue weighted by Gasteiger charge is -2.38. The van der Waals surface area contributed by atoms with Gasteiger partial charge in [-0.1, -0.05) is 13.3 Å². The molecule has 0 saturated heterocycles. The molecule has 1 saturated carbocycles.